The number of carbonyl (C=O) groups is 1. The monoisotopic (exact) mass is 417 g/mol. The summed E-state index contributed by atoms with van der Waals surface area (Å²) in [5.74, 6) is 0.704. The van der Waals surface area contributed by atoms with Crippen molar-refractivity contribution in [2.45, 2.75) is 13.5 Å². The normalized spacial score (nSPS) is 10.8. The molecule has 0 fully saturated rings. The van der Waals surface area contributed by atoms with Crippen molar-refractivity contribution in [3.63, 3.8) is 0 Å². The molecule has 2 aromatic heterocycles. The van der Waals surface area contributed by atoms with Crippen LogP contribution in [-0.4, -0.2) is 34.7 Å². The topological polar surface area (TPSA) is 47.4 Å². The second kappa shape index (κ2) is 8.55. The predicted molar refractivity (Wildman–Crippen MR) is 120 cm³/mol. The number of rotatable bonds is 6. The van der Waals surface area contributed by atoms with Crippen LogP contribution in [0.15, 0.2) is 72.2 Å². The van der Waals surface area contributed by atoms with Gasteiger partial charge in [0, 0.05) is 23.7 Å². The lowest BCUT2D eigenvalue weighted by Gasteiger charge is -2.17. The van der Waals surface area contributed by atoms with E-state index < -0.39 is 0 Å². The summed E-state index contributed by atoms with van der Waals surface area (Å²) in [6, 6.07) is 19.5. The van der Waals surface area contributed by atoms with Crippen LogP contribution >= 0.6 is 11.3 Å². The fourth-order valence-electron chi connectivity index (χ4n) is 3.26. The molecule has 0 aliphatic heterocycles. The summed E-state index contributed by atoms with van der Waals surface area (Å²) >= 11 is 1.67. The number of hydrogen-bond donors (Lipinski definition) is 0. The summed E-state index contributed by atoms with van der Waals surface area (Å²) in [6.07, 6.45) is 1.81. The first kappa shape index (κ1) is 19.9. The average Bonchev–Trinajstić information content (AvgIpc) is 3.40. The number of para-hydroxylation sites is 1. The van der Waals surface area contributed by atoms with E-state index >= 15 is 0 Å². The van der Waals surface area contributed by atoms with Crippen molar-refractivity contribution in [3.05, 3.63) is 88.2 Å². The van der Waals surface area contributed by atoms with Gasteiger partial charge in [-0.05, 0) is 60.3 Å². The molecule has 0 atom stereocenters. The van der Waals surface area contributed by atoms with Gasteiger partial charge < -0.3 is 9.64 Å². The van der Waals surface area contributed by atoms with E-state index in [4.69, 9.17) is 9.84 Å². The number of amides is 1. The van der Waals surface area contributed by atoms with Crippen LogP contribution in [0.4, 0.5) is 0 Å². The molecule has 0 spiro atoms. The Morgan fingerprint density at radius 1 is 1.10 bits per heavy atom. The molecule has 152 valence electrons. The molecule has 0 bridgehead atoms. The van der Waals surface area contributed by atoms with Crippen LogP contribution in [0.5, 0.6) is 5.75 Å². The molecule has 0 unspecified atom stereocenters. The van der Waals surface area contributed by atoms with E-state index in [0.29, 0.717) is 17.8 Å². The number of carbonyl (C=O) groups excluding carboxylic acids is 1. The van der Waals surface area contributed by atoms with Gasteiger partial charge in [0.05, 0.1) is 24.9 Å². The zero-order chi connectivity index (χ0) is 21.1. The maximum absolute atomic E-state index is 13.4. The van der Waals surface area contributed by atoms with Gasteiger partial charge in [0.2, 0.25) is 0 Å². The summed E-state index contributed by atoms with van der Waals surface area (Å²) in [6.45, 7) is 2.64. The minimum absolute atomic E-state index is 0.0594. The van der Waals surface area contributed by atoms with Crippen molar-refractivity contribution >= 4 is 17.2 Å². The molecule has 0 N–H and O–H groups in total. The summed E-state index contributed by atoms with van der Waals surface area (Å²) in [4.78, 5) is 16.3. The number of thiophene rings is 1. The second-order valence-corrected chi connectivity index (χ2v) is 8.09. The van der Waals surface area contributed by atoms with Crippen molar-refractivity contribution in [1.82, 2.24) is 14.7 Å². The molecule has 4 aromatic rings. The number of ether oxygens (including phenoxy) is 1. The third kappa shape index (κ3) is 4.00. The van der Waals surface area contributed by atoms with Gasteiger partial charge in [0.15, 0.2) is 0 Å². The molecule has 4 rings (SSSR count). The Balaban J connectivity index is 1.73. The van der Waals surface area contributed by atoms with Crippen molar-refractivity contribution in [2.24, 2.45) is 0 Å². The van der Waals surface area contributed by atoms with E-state index in [1.54, 1.807) is 28.0 Å². The number of hydrogen-bond acceptors (Lipinski definition) is 4. The maximum atomic E-state index is 13.4. The summed E-state index contributed by atoms with van der Waals surface area (Å²) in [5.41, 5.74) is 4.20. The lowest BCUT2D eigenvalue weighted by atomic mass is 10.1. The summed E-state index contributed by atoms with van der Waals surface area (Å²) < 4.78 is 7.03. The van der Waals surface area contributed by atoms with Crippen LogP contribution in [0, 0.1) is 6.92 Å². The quantitative estimate of drug-likeness (QED) is 0.434. The first-order valence-corrected chi connectivity index (χ1v) is 10.5. The summed E-state index contributed by atoms with van der Waals surface area (Å²) in [5, 5.41) is 6.81. The average molecular weight is 418 g/mol. The number of aromatic nitrogens is 2. The molecule has 0 aliphatic rings. The second-order valence-electron chi connectivity index (χ2n) is 7.09. The van der Waals surface area contributed by atoms with E-state index in [1.807, 2.05) is 67.8 Å². The van der Waals surface area contributed by atoms with Crippen molar-refractivity contribution < 1.29 is 9.53 Å². The van der Waals surface area contributed by atoms with E-state index in [2.05, 4.69) is 18.4 Å². The molecule has 2 aromatic carbocycles. The molecule has 0 aliphatic carbocycles. The number of benzene rings is 2. The molecule has 6 heteroatoms. The highest BCUT2D eigenvalue weighted by Crippen LogP contribution is 2.27. The Morgan fingerprint density at radius 2 is 1.83 bits per heavy atom. The van der Waals surface area contributed by atoms with E-state index in [9.17, 15) is 4.79 Å². The first-order chi connectivity index (χ1) is 14.6. The zero-order valence-corrected chi connectivity index (χ0v) is 18.0. The fourth-order valence-corrected chi connectivity index (χ4v) is 4.22. The smallest absolute Gasteiger partial charge is 0.257 e. The fraction of sp³-hybridized carbons (Fsp3) is 0.167. The molecule has 0 saturated heterocycles. The molecule has 5 nitrogen and oxygen atoms in total. The molecule has 0 radical (unpaired) electrons. The molecule has 2 heterocycles. The van der Waals surface area contributed by atoms with Gasteiger partial charge in [-0.2, -0.15) is 5.10 Å². The van der Waals surface area contributed by atoms with Gasteiger partial charge in [0.1, 0.15) is 11.4 Å². The van der Waals surface area contributed by atoms with E-state index in [0.717, 1.165) is 17.0 Å². The van der Waals surface area contributed by atoms with Crippen molar-refractivity contribution in [2.75, 3.05) is 14.2 Å². The third-order valence-corrected chi connectivity index (χ3v) is 6.03. The Labute approximate surface area is 180 Å². The van der Waals surface area contributed by atoms with Crippen LogP contribution in [0.2, 0.25) is 0 Å². The summed E-state index contributed by atoms with van der Waals surface area (Å²) in [7, 11) is 3.47. The zero-order valence-electron chi connectivity index (χ0n) is 17.2. The number of nitrogens with zero attached hydrogens (tertiary/aromatic N) is 3. The van der Waals surface area contributed by atoms with Crippen molar-refractivity contribution in [3.8, 4) is 22.7 Å². The molecular weight excluding hydrogens is 394 g/mol. The largest absolute Gasteiger partial charge is 0.497 e. The third-order valence-electron chi connectivity index (χ3n) is 5.02. The van der Waals surface area contributed by atoms with Gasteiger partial charge in [-0.3, -0.25) is 4.79 Å². The standard InChI is InChI=1S/C24H23N3O2S/c1-17-13-14-30-22(17)16-26(2)24(28)21-15-27(19-7-5-4-6-8-19)25-23(21)18-9-11-20(29-3)12-10-18/h4-15H,16H2,1-3H3. The van der Waals surface area contributed by atoms with Gasteiger partial charge in [-0.25, -0.2) is 4.68 Å². The Kier molecular flexibility index (Phi) is 5.68. The highest BCUT2D eigenvalue weighted by atomic mass is 32.1. The van der Waals surface area contributed by atoms with Gasteiger partial charge in [-0.15, -0.1) is 11.3 Å². The van der Waals surface area contributed by atoms with Crippen LogP contribution in [0.3, 0.4) is 0 Å². The molecular formula is C24H23N3O2S. The highest BCUT2D eigenvalue weighted by molar-refractivity contribution is 7.10. The van der Waals surface area contributed by atoms with Crippen LogP contribution in [0.25, 0.3) is 16.9 Å². The SMILES string of the molecule is COc1ccc(-c2nn(-c3ccccc3)cc2C(=O)N(C)Cc2sccc2C)cc1. The van der Waals surface area contributed by atoms with E-state index in [-0.39, 0.29) is 5.91 Å². The van der Waals surface area contributed by atoms with Crippen LogP contribution < -0.4 is 4.74 Å². The minimum atomic E-state index is -0.0594. The van der Waals surface area contributed by atoms with Gasteiger partial charge in [0.25, 0.3) is 5.91 Å². The van der Waals surface area contributed by atoms with Crippen LogP contribution in [-0.2, 0) is 6.54 Å². The Hall–Kier alpha value is -3.38. The molecule has 30 heavy (non-hydrogen) atoms. The number of methoxy groups -OCH3 is 1. The lowest BCUT2D eigenvalue weighted by molar-refractivity contribution is 0.0787. The predicted octanol–water partition coefficient (Wildman–Crippen LogP) is 5.19. The minimum Gasteiger partial charge on any atom is -0.497 e. The van der Waals surface area contributed by atoms with Gasteiger partial charge in [-0.1, -0.05) is 18.2 Å². The maximum Gasteiger partial charge on any atom is 0.257 e. The lowest BCUT2D eigenvalue weighted by Crippen LogP contribution is -2.26. The molecule has 0 saturated carbocycles. The first-order valence-electron chi connectivity index (χ1n) is 9.65. The number of aryl methyl sites for hydroxylation is 1. The Morgan fingerprint density at radius 3 is 2.47 bits per heavy atom. The van der Waals surface area contributed by atoms with Gasteiger partial charge >= 0.3 is 0 Å². The Bertz CT molecular complexity index is 1150. The van der Waals surface area contributed by atoms with Crippen molar-refractivity contribution in [1.29, 1.82) is 0 Å². The van der Waals surface area contributed by atoms with Crippen LogP contribution in [0.1, 0.15) is 20.8 Å². The highest BCUT2D eigenvalue weighted by Gasteiger charge is 2.22. The molecule has 1 amide bonds. The van der Waals surface area contributed by atoms with E-state index in [1.165, 1.54) is 10.4 Å².